The molecule has 3 aliphatic heterocycles. The Labute approximate surface area is 255 Å². The highest BCUT2D eigenvalue weighted by Crippen LogP contribution is 2.70. The maximum Gasteiger partial charge on any atom is 0.252 e. The Morgan fingerprint density at radius 1 is 0.651 bits per heavy atom. The quantitative estimate of drug-likeness (QED) is 0.173. The Bertz CT molecular complexity index is 2040. The molecule has 0 N–H and O–H groups in total. The molecule has 6 atom stereocenters. The van der Waals surface area contributed by atoms with Gasteiger partial charge in [-0.15, -0.1) is 0 Å². The molecule has 3 heteroatoms. The lowest BCUT2D eigenvalue weighted by Gasteiger charge is -2.66. The van der Waals surface area contributed by atoms with Crippen molar-refractivity contribution in [1.29, 1.82) is 0 Å². The molecular weight excluding hydrogens is 519 g/mol. The number of benzene rings is 4. The Morgan fingerprint density at radius 3 is 2.21 bits per heavy atom. The Morgan fingerprint density at radius 2 is 1.33 bits per heavy atom. The van der Waals surface area contributed by atoms with Crippen LogP contribution in [-0.2, 0) is 5.41 Å². The number of nitrogens with zero attached hydrogens (tertiary/aromatic N) is 2. The number of hydrogen-bond donors (Lipinski definition) is 0. The van der Waals surface area contributed by atoms with E-state index in [9.17, 15) is 0 Å². The van der Waals surface area contributed by atoms with Gasteiger partial charge in [0.2, 0.25) is 0 Å². The summed E-state index contributed by atoms with van der Waals surface area (Å²) in [4.78, 5) is 2.98. The van der Waals surface area contributed by atoms with Gasteiger partial charge in [0.15, 0.2) is 0 Å². The summed E-state index contributed by atoms with van der Waals surface area (Å²) in [6.07, 6.45) is 11.4. The summed E-state index contributed by atoms with van der Waals surface area (Å²) in [5.41, 5.74) is 13.7. The molecule has 3 saturated carbocycles. The molecule has 43 heavy (non-hydrogen) atoms. The van der Waals surface area contributed by atoms with E-state index in [-0.39, 0.29) is 17.7 Å². The smallest absolute Gasteiger partial charge is 0.252 e. The van der Waals surface area contributed by atoms with Crippen LogP contribution in [0.4, 0.5) is 11.4 Å². The summed E-state index contributed by atoms with van der Waals surface area (Å²) in [5, 5.41) is 2.76. The zero-order valence-electron chi connectivity index (χ0n) is 25.4. The number of hydrogen-bond acceptors (Lipinski definition) is 1. The van der Waals surface area contributed by atoms with Crippen LogP contribution in [-0.4, -0.2) is 16.8 Å². The van der Waals surface area contributed by atoms with Crippen LogP contribution in [0, 0.1) is 23.7 Å². The first-order valence-electron chi connectivity index (χ1n) is 17.2. The van der Waals surface area contributed by atoms with Gasteiger partial charge in [-0.05, 0) is 96.4 Å². The number of aromatic nitrogens is 1. The average Bonchev–Trinajstić information content (AvgIpc) is 3.51. The zero-order valence-corrected chi connectivity index (χ0v) is 25.4. The van der Waals surface area contributed by atoms with E-state index in [4.69, 9.17) is 0 Å². The summed E-state index contributed by atoms with van der Waals surface area (Å²) >= 11 is 0. The second-order valence-electron chi connectivity index (χ2n) is 15.3. The molecule has 6 unspecified atom stereocenters. The van der Waals surface area contributed by atoms with E-state index < -0.39 is 0 Å². The summed E-state index contributed by atoms with van der Waals surface area (Å²) in [5.74, 6) is 3.29. The molecule has 0 spiro atoms. The number of anilines is 2. The Balaban J connectivity index is 1.28. The van der Waals surface area contributed by atoms with E-state index >= 15 is 0 Å². The van der Waals surface area contributed by atoms with Crippen LogP contribution in [0.3, 0.4) is 0 Å². The number of fused-ring (bicyclic) bond motifs is 15. The van der Waals surface area contributed by atoms with Crippen molar-refractivity contribution in [1.82, 2.24) is 4.57 Å². The van der Waals surface area contributed by atoms with Gasteiger partial charge in [0.25, 0.3) is 6.71 Å². The van der Waals surface area contributed by atoms with Crippen molar-refractivity contribution in [3.05, 3.63) is 84.4 Å². The van der Waals surface area contributed by atoms with Gasteiger partial charge < -0.3 is 9.47 Å². The maximum absolute atomic E-state index is 2.98. The summed E-state index contributed by atoms with van der Waals surface area (Å²) in [6.45, 7) is 5.75. The molecule has 4 heterocycles. The highest BCUT2D eigenvalue weighted by atomic mass is 15.3. The van der Waals surface area contributed by atoms with Crippen molar-refractivity contribution in [3.63, 3.8) is 0 Å². The number of para-hydroxylation sites is 3. The molecular formula is C40H39BN2. The molecule has 0 saturated heterocycles. The van der Waals surface area contributed by atoms with E-state index in [0.29, 0.717) is 0 Å². The first kappa shape index (κ1) is 23.9. The second kappa shape index (κ2) is 7.78. The molecule has 5 aromatic rings. The third kappa shape index (κ3) is 2.46. The predicted molar refractivity (Wildman–Crippen MR) is 181 cm³/mol. The molecule has 2 nitrogen and oxygen atoms in total. The Hall–Kier alpha value is -3.46. The van der Waals surface area contributed by atoms with Gasteiger partial charge in [-0.1, -0.05) is 93.3 Å². The highest BCUT2D eigenvalue weighted by molar-refractivity contribution is 7.00. The van der Waals surface area contributed by atoms with Crippen molar-refractivity contribution in [3.8, 4) is 5.69 Å². The fraction of sp³-hybridized carbons (Fsp3) is 0.400. The molecule has 212 valence electrons. The van der Waals surface area contributed by atoms with Crippen LogP contribution in [0.25, 0.3) is 27.5 Å². The van der Waals surface area contributed by atoms with Crippen molar-refractivity contribution < 1.29 is 0 Å². The van der Waals surface area contributed by atoms with Crippen molar-refractivity contribution >= 4 is 56.3 Å². The minimum absolute atomic E-state index is 0.0835. The first-order valence-corrected chi connectivity index (χ1v) is 17.2. The summed E-state index contributed by atoms with van der Waals surface area (Å²) in [7, 11) is 0. The van der Waals surface area contributed by atoms with Gasteiger partial charge >= 0.3 is 0 Å². The van der Waals surface area contributed by atoms with E-state index in [1.807, 2.05) is 0 Å². The van der Waals surface area contributed by atoms with Gasteiger partial charge in [0, 0.05) is 38.8 Å². The van der Waals surface area contributed by atoms with Crippen molar-refractivity contribution in [2.45, 2.75) is 76.2 Å². The lowest BCUT2D eigenvalue weighted by atomic mass is 9.33. The monoisotopic (exact) mass is 558 g/mol. The summed E-state index contributed by atoms with van der Waals surface area (Å²) in [6, 6.07) is 31.0. The SMILES string of the molecule is CC12c3cccc4c3N(c3cccc5c3B4c3cccc4c6ccccc6n-5c34)C1(C)C1CCCCC1C1CCCCC12. The number of rotatable bonds is 0. The Kier molecular flexibility index (Phi) is 4.33. The van der Waals surface area contributed by atoms with Crippen LogP contribution in [0.5, 0.6) is 0 Å². The van der Waals surface area contributed by atoms with Crippen LogP contribution in [0.15, 0.2) is 78.9 Å². The maximum atomic E-state index is 2.98. The molecule has 0 amide bonds. The fourth-order valence-electron chi connectivity index (χ4n) is 12.7. The van der Waals surface area contributed by atoms with Crippen LogP contribution in [0.1, 0.15) is 70.8 Å². The van der Waals surface area contributed by atoms with Gasteiger partial charge in [0.05, 0.1) is 11.1 Å². The predicted octanol–water partition coefficient (Wildman–Crippen LogP) is 7.72. The zero-order chi connectivity index (χ0) is 28.2. The molecule has 11 rings (SSSR count). The van der Waals surface area contributed by atoms with Gasteiger partial charge in [-0.3, -0.25) is 0 Å². The average molecular weight is 559 g/mol. The van der Waals surface area contributed by atoms with Gasteiger partial charge in [-0.2, -0.15) is 0 Å². The summed E-state index contributed by atoms with van der Waals surface area (Å²) < 4.78 is 2.61. The molecule has 3 aliphatic carbocycles. The van der Waals surface area contributed by atoms with E-state index in [0.717, 1.165) is 23.7 Å². The molecule has 4 aromatic carbocycles. The van der Waals surface area contributed by atoms with Gasteiger partial charge in [-0.25, -0.2) is 0 Å². The van der Waals surface area contributed by atoms with Crippen molar-refractivity contribution in [2.75, 3.05) is 4.90 Å². The fourth-order valence-corrected chi connectivity index (χ4v) is 12.7. The van der Waals surface area contributed by atoms with Gasteiger partial charge in [0.1, 0.15) is 0 Å². The lowest BCUT2D eigenvalue weighted by Crippen LogP contribution is -2.70. The molecule has 0 radical (unpaired) electrons. The third-order valence-electron chi connectivity index (χ3n) is 14.2. The molecule has 0 bridgehead atoms. The van der Waals surface area contributed by atoms with Crippen LogP contribution < -0.4 is 21.3 Å². The van der Waals surface area contributed by atoms with Crippen molar-refractivity contribution in [2.24, 2.45) is 23.7 Å². The van der Waals surface area contributed by atoms with Crippen LogP contribution in [0.2, 0.25) is 0 Å². The van der Waals surface area contributed by atoms with Crippen LogP contribution >= 0.6 is 0 Å². The minimum atomic E-state index is 0.0835. The highest BCUT2D eigenvalue weighted by Gasteiger charge is 2.70. The third-order valence-corrected chi connectivity index (χ3v) is 14.2. The lowest BCUT2D eigenvalue weighted by molar-refractivity contribution is -0.0768. The largest absolute Gasteiger partial charge is 0.335 e. The van der Waals surface area contributed by atoms with E-state index in [1.54, 1.807) is 16.7 Å². The topological polar surface area (TPSA) is 8.17 Å². The van der Waals surface area contributed by atoms with E-state index in [2.05, 4.69) is 102 Å². The second-order valence-corrected chi connectivity index (χ2v) is 15.3. The molecule has 3 fully saturated rings. The first-order chi connectivity index (χ1) is 21.1. The molecule has 1 aromatic heterocycles. The standard InChI is InChI=1S/C40H39BN2/c1-39-28-16-6-3-12-24(28)25-13-4-7-17-29(25)40(39,2)43-35-23-11-22-34-36(35)41(32-20-10-18-30(39)38(32)43)31-19-9-15-27-26-14-5-8-21-33(26)42(34)37(27)31/h5,8-11,14-15,18-25,28-29H,3-4,6-7,12-13,16-17H2,1-2H3. The van der Waals surface area contributed by atoms with E-state index in [1.165, 1.54) is 95.5 Å². The normalized spacial score (nSPS) is 32.7. The molecule has 6 aliphatic rings. The minimum Gasteiger partial charge on any atom is -0.335 e.